The third-order valence-corrected chi connectivity index (χ3v) is 5.88. The highest BCUT2D eigenvalue weighted by molar-refractivity contribution is 7.91. The van der Waals surface area contributed by atoms with E-state index in [1.807, 2.05) is 0 Å². The van der Waals surface area contributed by atoms with Crippen molar-refractivity contribution < 1.29 is 32.0 Å². The zero-order chi connectivity index (χ0) is 20.9. The predicted molar refractivity (Wildman–Crippen MR) is 97.3 cm³/mol. The maximum Gasteiger partial charge on any atom is 0.341 e. The van der Waals surface area contributed by atoms with Crippen molar-refractivity contribution in [1.82, 2.24) is 4.90 Å². The number of β-amino-alcohol motifs (C(OH)–C–C–N with tert-alkyl or cyclic N) is 1. The number of hydrogen-bond acceptors (Lipinski definition) is 8. The van der Waals surface area contributed by atoms with Gasteiger partial charge in [0.15, 0.2) is 0 Å². The van der Waals surface area contributed by atoms with E-state index in [9.17, 15) is 32.4 Å². The number of methoxy groups -OCH3 is 1. The van der Waals surface area contributed by atoms with Gasteiger partial charge < -0.3 is 20.1 Å². The lowest BCUT2D eigenvalue weighted by Crippen LogP contribution is -2.43. The van der Waals surface area contributed by atoms with Gasteiger partial charge in [-0.3, -0.25) is 10.1 Å². The second-order valence-electron chi connectivity index (χ2n) is 6.57. The van der Waals surface area contributed by atoms with Crippen molar-refractivity contribution in [3.63, 3.8) is 0 Å². The van der Waals surface area contributed by atoms with Gasteiger partial charge in [-0.2, -0.15) is 8.78 Å². The van der Waals surface area contributed by atoms with E-state index >= 15 is 0 Å². The second kappa shape index (κ2) is 9.54. The van der Waals surface area contributed by atoms with Crippen LogP contribution in [0, 0.1) is 10.1 Å². The Morgan fingerprint density at radius 3 is 2.57 bits per heavy atom. The van der Waals surface area contributed by atoms with Crippen molar-refractivity contribution in [2.75, 3.05) is 38.7 Å². The van der Waals surface area contributed by atoms with Crippen molar-refractivity contribution in [3.05, 3.63) is 28.3 Å². The van der Waals surface area contributed by atoms with E-state index in [4.69, 9.17) is 4.74 Å². The number of sulfone groups is 1. The lowest BCUT2D eigenvalue weighted by atomic mass is 10.0. The number of nitro benzene ring substituents is 1. The van der Waals surface area contributed by atoms with Gasteiger partial charge in [-0.25, -0.2) is 8.42 Å². The zero-order valence-corrected chi connectivity index (χ0v) is 16.1. The number of aliphatic hydroxyl groups excluding tert-OH is 1. The molecule has 0 radical (unpaired) electrons. The van der Waals surface area contributed by atoms with Gasteiger partial charge in [0.2, 0.25) is 9.84 Å². The number of likely N-dealkylation sites (tertiary alicyclic amines) is 1. The van der Waals surface area contributed by atoms with Gasteiger partial charge in [-0.15, -0.1) is 0 Å². The molecule has 2 N–H and O–H groups in total. The molecular formula is C16H23F2N3O6S. The molecule has 2 rings (SSSR count). The maximum atomic E-state index is 12.7. The Morgan fingerprint density at radius 1 is 1.39 bits per heavy atom. The van der Waals surface area contributed by atoms with E-state index in [0.717, 1.165) is 12.1 Å². The Kier molecular flexibility index (Phi) is 7.63. The first-order valence-corrected chi connectivity index (χ1v) is 10.2. The van der Waals surface area contributed by atoms with Crippen molar-refractivity contribution in [2.45, 2.75) is 35.6 Å². The fourth-order valence-electron chi connectivity index (χ4n) is 3.09. The Balaban J connectivity index is 2.06. The van der Waals surface area contributed by atoms with Crippen molar-refractivity contribution >= 4 is 21.2 Å². The van der Waals surface area contributed by atoms with Crippen LogP contribution >= 0.6 is 0 Å². The number of nitrogens with zero attached hydrogens (tertiary/aromatic N) is 2. The van der Waals surface area contributed by atoms with Crippen LogP contribution in [-0.4, -0.2) is 74.6 Å². The molecule has 0 saturated carbocycles. The summed E-state index contributed by atoms with van der Waals surface area (Å²) in [5.41, 5.74) is -0.490. The largest absolute Gasteiger partial charge is 0.389 e. The Bertz CT molecular complexity index is 785. The normalized spacial score (nSPS) is 17.6. The number of nitro groups is 1. The highest BCUT2D eigenvalue weighted by Crippen LogP contribution is 2.31. The fraction of sp³-hybridized carbons (Fsp3) is 0.625. The SMILES string of the molecule is COC[C@H](O)CN1CCC(Nc2ccc(S(=O)(=O)C(F)F)cc2[N+](=O)[O-])CC1. The predicted octanol–water partition coefficient (Wildman–Crippen LogP) is 1.47. The highest BCUT2D eigenvalue weighted by Gasteiger charge is 2.30. The van der Waals surface area contributed by atoms with Crippen LogP contribution in [0.15, 0.2) is 23.1 Å². The number of ether oxygens (including phenoxy) is 1. The first-order valence-electron chi connectivity index (χ1n) is 8.61. The molecule has 28 heavy (non-hydrogen) atoms. The summed E-state index contributed by atoms with van der Waals surface area (Å²) in [6, 6.07) is 2.63. The Labute approximate surface area is 161 Å². The molecule has 0 bridgehead atoms. The second-order valence-corrected chi connectivity index (χ2v) is 8.49. The van der Waals surface area contributed by atoms with E-state index < -0.39 is 37.2 Å². The average molecular weight is 423 g/mol. The topological polar surface area (TPSA) is 122 Å². The van der Waals surface area contributed by atoms with E-state index in [1.54, 1.807) is 0 Å². The van der Waals surface area contributed by atoms with Gasteiger partial charge in [0, 0.05) is 38.9 Å². The summed E-state index contributed by atoms with van der Waals surface area (Å²) in [5.74, 6) is -3.65. The molecule has 1 fully saturated rings. The Morgan fingerprint density at radius 2 is 2.04 bits per heavy atom. The molecule has 1 atom stereocenters. The number of hydrogen-bond donors (Lipinski definition) is 2. The fourth-order valence-corrected chi connectivity index (χ4v) is 3.83. The number of rotatable bonds is 9. The molecule has 12 heteroatoms. The van der Waals surface area contributed by atoms with E-state index in [2.05, 4.69) is 10.2 Å². The molecule has 0 spiro atoms. The summed E-state index contributed by atoms with van der Waals surface area (Å²) in [4.78, 5) is 11.7. The molecule has 1 aliphatic rings. The van der Waals surface area contributed by atoms with Crippen LogP contribution < -0.4 is 5.32 Å². The van der Waals surface area contributed by atoms with Crippen molar-refractivity contribution in [1.29, 1.82) is 0 Å². The molecule has 1 aromatic rings. The summed E-state index contributed by atoms with van der Waals surface area (Å²) in [6.45, 7) is 2.01. The lowest BCUT2D eigenvalue weighted by molar-refractivity contribution is -0.384. The average Bonchev–Trinajstić information content (AvgIpc) is 2.63. The minimum atomic E-state index is -4.91. The third kappa shape index (κ3) is 5.56. The number of alkyl halides is 2. The van der Waals surface area contributed by atoms with Crippen LogP contribution in [-0.2, 0) is 14.6 Å². The standard InChI is InChI=1S/C16H23F2N3O6S/c1-27-10-12(22)9-20-6-4-11(5-7-20)19-14-3-2-13(8-15(14)21(23)24)28(25,26)16(17)18/h2-3,8,11-12,16,19,22H,4-7,9-10H2,1H3/t12-/m1/s1. The minimum Gasteiger partial charge on any atom is -0.389 e. The molecule has 9 nitrogen and oxygen atoms in total. The number of piperidine rings is 1. The summed E-state index contributed by atoms with van der Waals surface area (Å²) < 4.78 is 53.3. The number of benzene rings is 1. The van der Waals surface area contributed by atoms with Crippen molar-refractivity contribution in [3.8, 4) is 0 Å². The number of anilines is 1. The summed E-state index contributed by atoms with van der Waals surface area (Å²) in [6.07, 6.45) is 0.696. The molecule has 0 amide bonds. The van der Waals surface area contributed by atoms with Crippen molar-refractivity contribution in [2.24, 2.45) is 0 Å². The molecule has 1 aromatic carbocycles. The van der Waals surface area contributed by atoms with Gasteiger partial charge in [0.25, 0.3) is 5.69 Å². The first kappa shape index (κ1) is 22.4. The molecule has 1 aliphatic heterocycles. The number of halogens is 2. The highest BCUT2D eigenvalue weighted by atomic mass is 32.2. The van der Waals surface area contributed by atoms with Crippen LogP contribution in [0.25, 0.3) is 0 Å². The van der Waals surface area contributed by atoms with Crippen LogP contribution in [0.2, 0.25) is 0 Å². The molecule has 1 saturated heterocycles. The molecule has 0 aromatic heterocycles. The number of nitrogens with one attached hydrogen (secondary N) is 1. The van der Waals surface area contributed by atoms with E-state index in [0.29, 0.717) is 38.5 Å². The Hall–Kier alpha value is -1.89. The molecular weight excluding hydrogens is 400 g/mol. The van der Waals surface area contributed by atoms with Crippen LogP contribution in [0.1, 0.15) is 12.8 Å². The van der Waals surface area contributed by atoms with Gasteiger partial charge in [-0.1, -0.05) is 0 Å². The molecule has 1 heterocycles. The first-order chi connectivity index (χ1) is 13.1. The minimum absolute atomic E-state index is 0.0797. The van der Waals surface area contributed by atoms with Crippen LogP contribution in [0.4, 0.5) is 20.2 Å². The molecule has 0 aliphatic carbocycles. The van der Waals surface area contributed by atoms with Crippen LogP contribution in [0.5, 0.6) is 0 Å². The quantitative estimate of drug-likeness (QED) is 0.452. The molecule has 0 unspecified atom stereocenters. The van der Waals surface area contributed by atoms with Gasteiger partial charge in [0.05, 0.1) is 22.5 Å². The lowest BCUT2D eigenvalue weighted by Gasteiger charge is -2.33. The molecule has 158 valence electrons. The third-order valence-electron chi connectivity index (χ3n) is 4.50. The van der Waals surface area contributed by atoms with Crippen LogP contribution in [0.3, 0.4) is 0 Å². The summed E-state index contributed by atoms with van der Waals surface area (Å²) in [5, 5.41) is 24.1. The summed E-state index contributed by atoms with van der Waals surface area (Å²) in [7, 11) is -3.41. The number of aliphatic hydroxyl groups is 1. The van der Waals surface area contributed by atoms with E-state index in [-0.39, 0.29) is 18.3 Å². The summed E-state index contributed by atoms with van der Waals surface area (Å²) >= 11 is 0. The van der Waals surface area contributed by atoms with Gasteiger partial charge in [0.1, 0.15) is 5.69 Å². The maximum absolute atomic E-state index is 12.7. The van der Waals surface area contributed by atoms with Gasteiger partial charge >= 0.3 is 5.76 Å². The monoisotopic (exact) mass is 423 g/mol. The zero-order valence-electron chi connectivity index (χ0n) is 15.3. The van der Waals surface area contributed by atoms with E-state index in [1.165, 1.54) is 7.11 Å². The van der Waals surface area contributed by atoms with Gasteiger partial charge in [-0.05, 0) is 25.0 Å². The smallest absolute Gasteiger partial charge is 0.341 e.